The number of hydrogen-bond acceptors (Lipinski definition) is 4. The molecule has 1 fully saturated rings. The summed E-state index contributed by atoms with van der Waals surface area (Å²) in [4.78, 5) is 6.79. The van der Waals surface area contributed by atoms with Crippen molar-refractivity contribution in [2.45, 2.75) is 37.2 Å². The van der Waals surface area contributed by atoms with E-state index in [-0.39, 0.29) is 10.9 Å². The van der Waals surface area contributed by atoms with Gasteiger partial charge in [0.1, 0.15) is 5.82 Å². The third-order valence-corrected chi connectivity index (χ3v) is 7.55. The maximum absolute atomic E-state index is 13.6. The van der Waals surface area contributed by atoms with Gasteiger partial charge in [-0.2, -0.15) is 0 Å². The molecule has 31 heavy (non-hydrogen) atoms. The maximum Gasteiger partial charge on any atom is 0.264 e. The van der Waals surface area contributed by atoms with Gasteiger partial charge in [0.25, 0.3) is 10.0 Å². The highest BCUT2D eigenvalue weighted by Gasteiger charge is 2.34. The molecule has 5 nitrogen and oxygen atoms in total. The van der Waals surface area contributed by atoms with Crippen molar-refractivity contribution >= 4 is 15.7 Å². The lowest BCUT2D eigenvalue weighted by atomic mass is 10.0. The van der Waals surface area contributed by atoms with Crippen LogP contribution >= 0.6 is 0 Å². The summed E-state index contributed by atoms with van der Waals surface area (Å²) < 4.78 is 42.1. The van der Waals surface area contributed by atoms with Crippen LogP contribution in [0.15, 0.2) is 77.8 Å². The number of sulfonamides is 1. The molecule has 3 aromatic rings. The molecule has 7 heteroatoms. The first-order valence-corrected chi connectivity index (χ1v) is 11.9. The molecule has 0 aliphatic carbocycles. The van der Waals surface area contributed by atoms with Crippen molar-refractivity contribution in [1.82, 2.24) is 9.88 Å². The first kappa shape index (κ1) is 21.5. The van der Waals surface area contributed by atoms with Crippen LogP contribution in [0.1, 0.15) is 24.1 Å². The van der Waals surface area contributed by atoms with Gasteiger partial charge < -0.3 is 0 Å². The maximum atomic E-state index is 13.6. The molecule has 1 aromatic heterocycles. The average Bonchev–Trinajstić information content (AvgIpc) is 2.77. The van der Waals surface area contributed by atoms with E-state index in [1.807, 2.05) is 49.4 Å². The fourth-order valence-electron chi connectivity index (χ4n) is 3.99. The van der Waals surface area contributed by atoms with Crippen molar-refractivity contribution in [3.63, 3.8) is 0 Å². The Hall–Kier alpha value is -2.77. The highest BCUT2D eigenvalue weighted by Crippen LogP contribution is 2.31. The zero-order valence-electron chi connectivity index (χ0n) is 17.5. The molecule has 4 rings (SSSR count). The normalized spacial score (nSPS) is 15.7. The van der Waals surface area contributed by atoms with Crippen LogP contribution in [0, 0.1) is 12.7 Å². The molecule has 0 radical (unpaired) electrons. The molecule has 1 aliphatic rings. The number of hydrogen-bond donors (Lipinski definition) is 0. The molecule has 0 spiro atoms. The minimum absolute atomic E-state index is 0.102. The Balaban J connectivity index is 1.58. The quantitative estimate of drug-likeness (QED) is 0.572. The number of pyridine rings is 1. The number of aryl methyl sites for hydroxylation is 1. The van der Waals surface area contributed by atoms with E-state index in [0.29, 0.717) is 18.5 Å². The highest BCUT2D eigenvalue weighted by molar-refractivity contribution is 7.92. The van der Waals surface area contributed by atoms with Gasteiger partial charge in [0, 0.05) is 31.9 Å². The summed E-state index contributed by atoms with van der Waals surface area (Å²) in [6.07, 6.45) is 3.21. The number of anilines is 1. The third kappa shape index (κ3) is 4.94. The van der Waals surface area contributed by atoms with Crippen LogP contribution in [0.4, 0.5) is 10.1 Å². The van der Waals surface area contributed by atoms with Gasteiger partial charge in [-0.15, -0.1) is 0 Å². The molecule has 0 saturated carbocycles. The third-order valence-electron chi connectivity index (χ3n) is 5.66. The molecule has 1 aliphatic heterocycles. The predicted molar refractivity (Wildman–Crippen MR) is 120 cm³/mol. The lowest BCUT2D eigenvalue weighted by Crippen LogP contribution is -2.47. The smallest absolute Gasteiger partial charge is 0.264 e. The summed E-state index contributed by atoms with van der Waals surface area (Å²) in [5, 5.41) is 0. The van der Waals surface area contributed by atoms with Crippen LogP contribution in [-0.4, -0.2) is 37.4 Å². The van der Waals surface area contributed by atoms with Crippen molar-refractivity contribution in [3.8, 4) is 0 Å². The summed E-state index contributed by atoms with van der Waals surface area (Å²) >= 11 is 0. The van der Waals surface area contributed by atoms with E-state index in [4.69, 9.17) is 0 Å². The van der Waals surface area contributed by atoms with Crippen LogP contribution < -0.4 is 4.31 Å². The van der Waals surface area contributed by atoms with E-state index in [1.165, 1.54) is 28.6 Å². The van der Waals surface area contributed by atoms with Crippen molar-refractivity contribution in [2.24, 2.45) is 0 Å². The molecular weight excluding hydrogens is 413 g/mol. The van der Waals surface area contributed by atoms with Gasteiger partial charge in [-0.05, 0) is 68.3 Å². The number of nitrogens with zero attached hydrogens (tertiary/aromatic N) is 3. The van der Waals surface area contributed by atoms with E-state index >= 15 is 0 Å². The van der Waals surface area contributed by atoms with Gasteiger partial charge in [-0.25, -0.2) is 12.8 Å². The topological polar surface area (TPSA) is 53.5 Å². The van der Waals surface area contributed by atoms with Crippen molar-refractivity contribution in [3.05, 3.63) is 90.0 Å². The van der Waals surface area contributed by atoms with E-state index in [1.54, 1.807) is 6.20 Å². The highest BCUT2D eigenvalue weighted by atomic mass is 32.2. The average molecular weight is 440 g/mol. The Morgan fingerprint density at radius 2 is 1.68 bits per heavy atom. The Kier molecular flexibility index (Phi) is 6.34. The first-order chi connectivity index (χ1) is 14.9. The Morgan fingerprint density at radius 1 is 1.00 bits per heavy atom. The lowest BCUT2D eigenvalue weighted by molar-refractivity contribution is 0.204. The SMILES string of the molecule is Cc1ccc(N(C2CCN(Cc3ccccn3)CC2)S(=O)(=O)c2ccc(F)cc2)cc1. The molecule has 0 bridgehead atoms. The number of likely N-dealkylation sites (tertiary alicyclic amines) is 1. The second kappa shape index (κ2) is 9.16. The molecule has 162 valence electrons. The number of aromatic nitrogens is 1. The van der Waals surface area contributed by atoms with Crippen LogP contribution in [0.5, 0.6) is 0 Å². The minimum atomic E-state index is -3.82. The second-order valence-corrected chi connectivity index (χ2v) is 9.73. The monoisotopic (exact) mass is 439 g/mol. The van der Waals surface area contributed by atoms with E-state index < -0.39 is 15.8 Å². The largest absolute Gasteiger partial charge is 0.297 e. The first-order valence-electron chi connectivity index (χ1n) is 10.4. The fraction of sp³-hybridized carbons (Fsp3) is 0.292. The van der Waals surface area contributed by atoms with Gasteiger partial charge >= 0.3 is 0 Å². The Morgan fingerprint density at radius 3 is 2.29 bits per heavy atom. The summed E-state index contributed by atoms with van der Waals surface area (Å²) in [5.41, 5.74) is 2.71. The van der Waals surface area contributed by atoms with Crippen LogP contribution in [-0.2, 0) is 16.6 Å². The van der Waals surface area contributed by atoms with Crippen molar-refractivity contribution < 1.29 is 12.8 Å². The summed E-state index contributed by atoms with van der Waals surface area (Å²) in [7, 11) is -3.82. The van der Waals surface area contributed by atoms with E-state index in [0.717, 1.165) is 30.9 Å². The van der Waals surface area contributed by atoms with Crippen LogP contribution in [0.25, 0.3) is 0 Å². The molecular formula is C24H26FN3O2S. The fourth-order valence-corrected chi connectivity index (χ4v) is 5.70. The van der Waals surface area contributed by atoms with Crippen LogP contribution in [0.2, 0.25) is 0 Å². The number of rotatable bonds is 6. The van der Waals surface area contributed by atoms with Crippen LogP contribution in [0.3, 0.4) is 0 Å². The van der Waals surface area contributed by atoms with E-state index in [2.05, 4.69) is 9.88 Å². The molecule has 1 saturated heterocycles. The van der Waals surface area contributed by atoms with Gasteiger partial charge in [0.05, 0.1) is 16.3 Å². The van der Waals surface area contributed by atoms with Gasteiger partial charge in [-0.1, -0.05) is 23.8 Å². The Labute approximate surface area is 183 Å². The summed E-state index contributed by atoms with van der Waals surface area (Å²) in [5.74, 6) is -0.455. The molecule has 0 unspecified atom stereocenters. The lowest BCUT2D eigenvalue weighted by Gasteiger charge is -2.39. The van der Waals surface area contributed by atoms with Crippen molar-refractivity contribution in [1.29, 1.82) is 0 Å². The van der Waals surface area contributed by atoms with Gasteiger partial charge in [0.2, 0.25) is 0 Å². The molecule has 0 atom stereocenters. The molecule has 2 heterocycles. The summed E-state index contributed by atoms with van der Waals surface area (Å²) in [6, 6.07) is 18.3. The standard InChI is InChI=1S/C24H26FN3O2S/c1-19-5-9-22(10-6-19)28(31(29,30)24-11-7-20(25)8-12-24)23-13-16-27(17-14-23)18-21-4-2-3-15-26-21/h2-12,15,23H,13-14,16-18H2,1H3. The molecule has 0 amide bonds. The Bertz CT molecular complexity index is 1100. The second-order valence-electron chi connectivity index (χ2n) is 7.92. The minimum Gasteiger partial charge on any atom is -0.297 e. The zero-order chi connectivity index (χ0) is 21.8. The van der Waals surface area contributed by atoms with Gasteiger partial charge in [-0.3, -0.25) is 14.2 Å². The molecule has 0 N–H and O–H groups in total. The number of halogens is 1. The summed E-state index contributed by atoms with van der Waals surface area (Å²) in [6.45, 7) is 4.28. The van der Waals surface area contributed by atoms with Gasteiger partial charge in [0.15, 0.2) is 0 Å². The van der Waals surface area contributed by atoms with E-state index in [9.17, 15) is 12.8 Å². The zero-order valence-corrected chi connectivity index (χ0v) is 18.3. The number of benzene rings is 2. The predicted octanol–water partition coefficient (Wildman–Crippen LogP) is 4.39. The number of piperidine rings is 1. The molecule has 2 aromatic carbocycles. The van der Waals surface area contributed by atoms with Crippen molar-refractivity contribution in [2.75, 3.05) is 17.4 Å².